The normalized spacial score (nSPS) is 14.6. The Balaban J connectivity index is 1.75. The quantitative estimate of drug-likeness (QED) is 0.243. The summed E-state index contributed by atoms with van der Waals surface area (Å²) in [5.41, 5.74) is 1.23. The summed E-state index contributed by atoms with van der Waals surface area (Å²) in [4.78, 5) is 46.8. The zero-order valence-corrected chi connectivity index (χ0v) is 15.9. The number of methoxy groups -OCH3 is 1. The van der Waals surface area contributed by atoms with Crippen LogP contribution < -0.4 is 10.1 Å². The van der Waals surface area contributed by atoms with Crippen LogP contribution in [-0.4, -0.2) is 41.4 Å². The van der Waals surface area contributed by atoms with Gasteiger partial charge in [0.25, 0.3) is 11.6 Å². The number of carbonyl (C=O) groups excluding carboxylic acids is 3. The minimum Gasteiger partial charge on any atom is -0.488 e. The first kappa shape index (κ1) is 20.5. The molecule has 2 aromatic rings. The molecule has 1 N–H and O–H groups in total. The molecule has 0 unspecified atom stereocenters. The van der Waals surface area contributed by atoms with E-state index in [4.69, 9.17) is 4.74 Å². The topological polar surface area (TPSA) is 128 Å². The highest BCUT2D eigenvalue weighted by Crippen LogP contribution is 2.24. The van der Waals surface area contributed by atoms with Crippen LogP contribution in [0.1, 0.15) is 11.1 Å². The van der Waals surface area contributed by atoms with Crippen molar-refractivity contribution >= 4 is 29.7 Å². The van der Waals surface area contributed by atoms with E-state index in [1.54, 1.807) is 36.4 Å². The fraction of sp³-hybridized carbons (Fsp3) is 0.150. The van der Waals surface area contributed by atoms with Crippen molar-refractivity contribution in [2.45, 2.75) is 6.61 Å². The van der Waals surface area contributed by atoms with Gasteiger partial charge in [-0.3, -0.25) is 19.7 Å². The molecular weight excluding hydrogens is 394 g/mol. The van der Waals surface area contributed by atoms with Crippen LogP contribution in [0.5, 0.6) is 5.75 Å². The zero-order chi connectivity index (χ0) is 21.7. The second-order valence-electron chi connectivity index (χ2n) is 6.21. The summed E-state index contributed by atoms with van der Waals surface area (Å²) in [5, 5.41) is 13.2. The average Bonchev–Trinajstić information content (AvgIpc) is 3.00. The molecule has 1 heterocycles. The maximum absolute atomic E-state index is 12.4. The molecule has 10 heteroatoms. The number of hydrogen-bond acceptors (Lipinski definition) is 7. The standard InChI is InChI=1S/C20H17N3O7/c1-29-18(24)11-22-19(25)16(21-20(22)26)10-14-4-2-3-5-17(14)30-12-13-6-8-15(9-7-13)23(27)28/h2-10H,11-12H2,1H3,(H,21,26)/b16-10+. The number of carbonyl (C=O) groups is 3. The Morgan fingerprint density at radius 1 is 1.17 bits per heavy atom. The van der Waals surface area contributed by atoms with E-state index < -0.39 is 29.4 Å². The molecule has 1 aliphatic rings. The molecule has 2 aromatic carbocycles. The number of non-ortho nitro benzene ring substituents is 1. The van der Waals surface area contributed by atoms with Gasteiger partial charge in [0.1, 0.15) is 24.6 Å². The molecule has 0 bridgehead atoms. The molecule has 1 aliphatic heterocycles. The van der Waals surface area contributed by atoms with Gasteiger partial charge >= 0.3 is 12.0 Å². The third-order valence-corrected chi connectivity index (χ3v) is 4.24. The number of imide groups is 1. The van der Waals surface area contributed by atoms with Gasteiger partial charge in [-0.2, -0.15) is 0 Å². The predicted molar refractivity (Wildman–Crippen MR) is 104 cm³/mol. The Hall–Kier alpha value is -4.21. The lowest BCUT2D eigenvalue weighted by Gasteiger charge is -2.10. The zero-order valence-electron chi connectivity index (χ0n) is 15.9. The number of nitro groups is 1. The number of para-hydroxylation sites is 1. The van der Waals surface area contributed by atoms with Gasteiger partial charge in [0.2, 0.25) is 0 Å². The Kier molecular flexibility index (Phi) is 6.06. The Labute approximate surface area is 170 Å². The molecule has 0 spiro atoms. The van der Waals surface area contributed by atoms with Crippen molar-refractivity contribution in [1.82, 2.24) is 10.2 Å². The molecule has 0 atom stereocenters. The van der Waals surface area contributed by atoms with Gasteiger partial charge < -0.3 is 14.8 Å². The predicted octanol–water partition coefficient (Wildman–Crippen LogP) is 2.24. The Morgan fingerprint density at radius 2 is 1.87 bits per heavy atom. The van der Waals surface area contributed by atoms with E-state index in [0.717, 1.165) is 17.6 Å². The van der Waals surface area contributed by atoms with Crippen LogP contribution in [0, 0.1) is 10.1 Å². The van der Waals surface area contributed by atoms with Crippen molar-refractivity contribution in [3.63, 3.8) is 0 Å². The smallest absolute Gasteiger partial charge is 0.329 e. The van der Waals surface area contributed by atoms with Crippen molar-refractivity contribution < 1.29 is 28.8 Å². The van der Waals surface area contributed by atoms with Gasteiger partial charge in [0.15, 0.2) is 0 Å². The lowest BCUT2D eigenvalue weighted by atomic mass is 10.1. The molecule has 1 saturated heterocycles. The summed E-state index contributed by atoms with van der Waals surface area (Å²) >= 11 is 0. The van der Waals surface area contributed by atoms with Gasteiger partial charge in [-0.05, 0) is 29.8 Å². The fourth-order valence-corrected chi connectivity index (χ4v) is 2.67. The number of benzene rings is 2. The van der Waals surface area contributed by atoms with Crippen molar-refractivity contribution in [3.8, 4) is 5.75 Å². The maximum atomic E-state index is 12.4. The van der Waals surface area contributed by atoms with Crippen LogP contribution in [0.4, 0.5) is 10.5 Å². The van der Waals surface area contributed by atoms with E-state index in [2.05, 4.69) is 10.1 Å². The first-order chi connectivity index (χ1) is 14.4. The van der Waals surface area contributed by atoms with Crippen LogP contribution >= 0.6 is 0 Å². The Morgan fingerprint density at radius 3 is 2.53 bits per heavy atom. The van der Waals surface area contributed by atoms with Crippen LogP contribution in [0.15, 0.2) is 54.2 Å². The largest absolute Gasteiger partial charge is 0.488 e. The van der Waals surface area contributed by atoms with Crippen molar-refractivity contribution in [2.24, 2.45) is 0 Å². The molecule has 0 radical (unpaired) electrons. The van der Waals surface area contributed by atoms with E-state index in [1.165, 1.54) is 18.2 Å². The number of nitrogens with one attached hydrogen (secondary N) is 1. The number of esters is 1. The lowest BCUT2D eigenvalue weighted by Crippen LogP contribution is -2.36. The fourth-order valence-electron chi connectivity index (χ4n) is 2.67. The van der Waals surface area contributed by atoms with E-state index in [9.17, 15) is 24.5 Å². The third kappa shape index (κ3) is 4.61. The number of amides is 3. The second kappa shape index (κ2) is 8.86. The molecule has 3 rings (SSSR count). The molecule has 154 valence electrons. The van der Waals surface area contributed by atoms with Crippen molar-refractivity contribution in [1.29, 1.82) is 0 Å². The molecule has 3 amide bonds. The molecule has 10 nitrogen and oxygen atoms in total. The van der Waals surface area contributed by atoms with Crippen LogP contribution in [0.2, 0.25) is 0 Å². The molecule has 1 fully saturated rings. The third-order valence-electron chi connectivity index (χ3n) is 4.24. The molecule has 0 saturated carbocycles. The van der Waals surface area contributed by atoms with E-state index >= 15 is 0 Å². The SMILES string of the molecule is COC(=O)CN1C(=O)N/C(=C/c2ccccc2OCc2ccc([N+](=O)[O-])cc2)C1=O. The van der Waals surface area contributed by atoms with Crippen LogP contribution in [-0.2, 0) is 20.9 Å². The van der Waals surface area contributed by atoms with Gasteiger partial charge in [0.05, 0.1) is 12.0 Å². The number of rotatable bonds is 7. The first-order valence-corrected chi connectivity index (χ1v) is 8.75. The number of urea groups is 1. The number of ether oxygens (including phenoxy) is 2. The molecular formula is C20H17N3O7. The van der Waals surface area contributed by atoms with Gasteiger partial charge in [0, 0.05) is 17.7 Å². The van der Waals surface area contributed by atoms with Crippen LogP contribution in [0.25, 0.3) is 6.08 Å². The van der Waals surface area contributed by atoms with Gasteiger partial charge in [-0.1, -0.05) is 18.2 Å². The lowest BCUT2D eigenvalue weighted by molar-refractivity contribution is -0.384. The highest BCUT2D eigenvalue weighted by molar-refractivity contribution is 6.15. The molecule has 0 aliphatic carbocycles. The minimum absolute atomic E-state index is 0.00436. The van der Waals surface area contributed by atoms with E-state index in [0.29, 0.717) is 11.3 Å². The van der Waals surface area contributed by atoms with E-state index in [-0.39, 0.29) is 18.0 Å². The van der Waals surface area contributed by atoms with Crippen molar-refractivity contribution in [2.75, 3.05) is 13.7 Å². The van der Waals surface area contributed by atoms with Gasteiger partial charge in [-0.15, -0.1) is 0 Å². The highest BCUT2D eigenvalue weighted by atomic mass is 16.6. The maximum Gasteiger partial charge on any atom is 0.329 e. The van der Waals surface area contributed by atoms with E-state index in [1.807, 2.05) is 0 Å². The number of hydrogen-bond donors (Lipinski definition) is 1. The second-order valence-corrected chi connectivity index (χ2v) is 6.21. The van der Waals surface area contributed by atoms with Gasteiger partial charge in [-0.25, -0.2) is 9.69 Å². The molecule has 0 aromatic heterocycles. The van der Waals surface area contributed by atoms with Crippen molar-refractivity contribution in [3.05, 3.63) is 75.5 Å². The molecule has 30 heavy (non-hydrogen) atoms. The Bertz CT molecular complexity index is 1030. The minimum atomic E-state index is -0.721. The summed E-state index contributed by atoms with van der Waals surface area (Å²) in [6, 6.07) is 12.1. The average molecular weight is 411 g/mol. The van der Waals surface area contributed by atoms with Crippen LogP contribution in [0.3, 0.4) is 0 Å². The summed E-state index contributed by atoms with van der Waals surface area (Å²) in [7, 11) is 1.16. The number of nitrogens with zero attached hydrogens (tertiary/aromatic N) is 2. The summed E-state index contributed by atoms with van der Waals surface area (Å²) in [6.45, 7) is -0.344. The number of nitro benzene ring substituents is 1. The summed E-state index contributed by atoms with van der Waals surface area (Å²) in [5.74, 6) is -0.932. The monoisotopic (exact) mass is 411 g/mol. The summed E-state index contributed by atoms with van der Waals surface area (Å²) < 4.78 is 10.3. The summed E-state index contributed by atoms with van der Waals surface area (Å²) in [6.07, 6.45) is 1.45. The first-order valence-electron chi connectivity index (χ1n) is 8.75. The highest BCUT2D eigenvalue weighted by Gasteiger charge is 2.35.